The highest BCUT2D eigenvalue weighted by Gasteiger charge is 2.11. The molecule has 3 aromatic heterocycles. The van der Waals surface area contributed by atoms with Crippen molar-refractivity contribution < 1.29 is 0 Å². The van der Waals surface area contributed by atoms with Gasteiger partial charge in [-0.3, -0.25) is 4.40 Å². The van der Waals surface area contributed by atoms with E-state index in [9.17, 15) is 0 Å². The molecule has 0 unspecified atom stereocenters. The van der Waals surface area contributed by atoms with E-state index >= 15 is 0 Å². The summed E-state index contributed by atoms with van der Waals surface area (Å²) >= 11 is 7.88. The van der Waals surface area contributed by atoms with Gasteiger partial charge in [0.05, 0.1) is 21.6 Å². The fourth-order valence-corrected chi connectivity index (χ4v) is 3.07. The minimum absolute atomic E-state index is 0.432. The second kappa shape index (κ2) is 4.05. The zero-order valence-corrected chi connectivity index (χ0v) is 11.3. The third kappa shape index (κ3) is 1.64. The van der Waals surface area contributed by atoms with Crippen molar-refractivity contribution in [3.05, 3.63) is 53.1 Å². The fraction of sp³-hybridized carbons (Fsp3) is 0. The first kappa shape index (κ1) is 11.0. The molecule has 0 saturated heterocycles. The minimum Gasteiger partial charge on any atom is -0.295 e. The molecule has 0 atom stereocenters. The van der Waals surface area contributed by atoms with Gasteiger partial charge >= 0.3 is 0 Å². The number of benzene rings is 1. The van der Waals surface area contributed by atoms with Crippen molar-refractivity contribution >= 4 is 39.6 Å². The molecule has 0 fully saturated rings. The third-order valence-electron chi connectivity index (χ3n) is 3.02. The van der Waals surface area contributed by atoms with Crippen molar-refractivity contribution in [1.82, 2.24) is 14.4 Å². The zero-order chi connectivity index (χ0) is 12.8. The number of hydrogen-bond acceptors (Lipinski definition) is 3. The van der Waals surface area contributed by atoms with Crippen LogP contribution >= 0.6 is 22.9 Å². The van der Waals surface area contributed by atoms with Gasteiger partial charge in [0, 0.05) is 6.20 Å². The van der Waals surface area contributed by atoms with E-state index in [1.165, 1.54) is 0 Å². The molecule has 0 spiro atoms. The van der Waals surface area contributed by atoms with Gasteiger partial charge in [0.1, 0.15) is 0 Å². The van der Waals surface area contributed by atoms with E-state index in [1.807, 2.05) is 46.3 Å². The number of thiophene rings is 1. The van der Waals surface area contributed by atoms with Gasteiger partial charge in [-0.05, 0) is 23.6 Å². The molecule has 4 aromatic rings. The molecule has 0 aliphatic carbocycles. The summed E-state index contributed by atoms with van der Waals surface area (Å²) < 4.78 is 2.00. The fourth-order valence-electron chi connectivity index (χ4n) is 2.17. The minimum atomic E-state index is 0.432. The third-order valence-corrected chi connectivity index (χ3v) is 4.17. The molecule has 0 aliphatic heterocycles. The van der Waals surface area contributed by atoms with E-state index in [-0.39, 0.29) is 0 Å². The van der Waals surface area contributed by atoms with Gasteiger partial charge in [0.2, 0.25) is 0 Å². The zero-order valence-electron chi connectivity index (χ0n) is 9.75. The van der Waals surface area contributed by atoms with Gasteiger partial charge in [-0.1, -0.05) is 29.8 Å². The number of nitrogens with zero attached hydrogens (tertiary/aromatic N) is 3. The average Bonchev–Trinajstić information content (AvgIpc) is 3.08. The Labute approximate surface area is 118 Å². The molecule has 5 heteroatoms. The summed E-state index contributed by atoms with van der Waals surface area (Å²) in [6.07, 6.45) is 2.01. The maximum Gasteiger partial charge on any atom is 0.176 e. The first-order valence-electron chi connectivity index (χ1n) is 5.80. The number of halogens is 1. The van der Waals surface area contributed by atoms with Gasteiger partial charge in [0.15, 0.2) is 10.8 Å². The monoisotopic (exact) mass is 285 g/mol. The van der Waals surface area contributed by atoms with Crippen LogP contribution in [0.15, 0.2) is 48.0 Å². The molecule has 0 aliphatic rings. The number of hydrogen-bond donors (Lipinski definition) is 0. The average molecular weight is 286 g/mol. The Balaban J connectivity index is 2.12. The lowest BCUT2D eigenvalue weighted by atomic mass is 10.3. The van der Waals surface area contributed by atoms with Crippen molar-refractivity contribution in [1.29, 1.82) is 0 Å². The van der Waals surface area contributed by atoms with E-state index in [4.69, 9.17) is 11.6 Å². The van der Waals surface area contributed by atoms with E-state index in [0.29, 0.717) is 10.8 Å². The number of rotatable bonds is 1. The molecular weight excluding hydrogens is 278 g/mol. The first-order chi connectivity index (χ1) is 9.33. The highest BCUT2D eigenvalue weighted by atomic mass is 35.5. The second-order valence-corrected chi connectivity index (χ2v) is 5.49. The van der Waals surface area contributed by atoms with Crippen LogP contribution in [0, 0.1) is 0 Å². The molecule has 0 radical (unpaired) electrons. The summed E-state index contributed by atoms with van der Waals surface area (Å²) in [5.41, 5.74) is 3.51. The van der Waals surface area contributed by atoms with E-state index in [0.717, 1.165) is 21.6 Å². The predicted molar refractivity (Wildman–Crippen MR) is 78.8 cm³/mol. The molecule has 1 aromatic carbocycles. The highest BCUT2D eigenvalue weighted by molar-refractivity contribution is 7.13. The molecular formula is C14H8ClN3S. The van der Waals surface area contributed by atoms with Crippen LogP contribution in [-0.4, -0.2) is 14.4 Å². The maximum atomic E-state index is 6.22. The van der Waals surface area contributed by atoms with Crippen LogP contribution in [0.5, 0.6) is 0 Å². The van der Waals surface area contributed by atoms with Crippen LogP contribution in [0.2, 0.25) is 5.15 Å². The van der Waals surface area contributed by atoms with Crippen molar-refractivity contribution in [3.8, 4) is 10.6 Å². The molecule has 3 nitrogen and oxygen atoms in total. The molecule has 19 heavy (non-hydrogen) atoms. The molecule has 4 rings (SSSR count). The van der Waals surface area contributed by atoms with Gasteiger partial charge < -0.3 is 0 Å². The topological polar surface area (TPSA) is 30.2 Å². The van der Waals surface area contributed by atoms with Crippen molar-refractivity contribution in [2.75, 3.05) is 0 Å². The first-order valence-corrected chi connectivity index (χ1v) is 7.06. The number of imidazole rings is 1. The van der Waals surface area contributed by atoms with Crippen LogP contribution in [0.4, 0.5) is 0 Å². The summed E-state index contributed by atoms with van der Waals surface area (Å²) in [7, 11) is 0. The molecule has 0 saturated carbocycles. The van der Waals surface area contributed by atoms with E-state index < -0.39 is 0 Å². The van der Waals surface area contributed by atoms with Crippen LogP contribution in [-0.2, 0) is 0 Å². The molecule has 3 heterocycles. The Hall–Kier alpha value is -1.91. The van der Waals surface area contributed by atoms with Gasteiger partial charge in [-0.2, -0.15) is 0 Å². The van der Waals surface area contributed by atoms with Crippen molar-refractivity contribution in [2.45, 2.75) is 0 Å². The molecule has 0 bridgehead atoms. The summed E-state index contributed by atoms with van der Waals surface area (Å²) in [6, 6.07) is 12.0. The van der Waals surface area contributed by atoms with Gasteiger partial charge in [-0.25, -0.2) is 9.97 Å². The Bertz CT molecular complexity index is 880. The van der Waals surface area contributed by atoms with Crippen LogP contribution < -0.4 is 0 Å². The SMILES string of the molecule is Clc1nc2ccccc2n2cc(-c3cccs3)nc12. The quantitative estimate of drug-likeness (QED) is 0.523. The van der Waals surface area contributed by atoms with Crippen molar-refractivity contribution in [3.63, 3.8) is 0 Å². The highest BCUT2D eigenvalue weighted by Crippen LogP contribution is 2.28. The Morgan fingerprint density at radius 3 is 2.79 bits per heavy atom. The lowest BCUT2D eigenvalue weighted by molar-refractivity contribution is 1.21. The number of fused-ring (bicyclic) bond motifs is 3. The summed E-state index contributed by atoms with van der Waals surface area (Å²) in [5.74, 6) is 0. The largest absolute Gasteiger partial charge is 0.295 e. The summed E-state index contributed by atoms with van der Waals surface area (Å²) in [4.78, 5) is 10.1. The Morgan fingerprint density at radius 1 is 1.05 bits per heavy atom. The van der Waals surface area contributed by atoms with Crippen molar-refractivity contribution in [2.24, 2.45) is 0 Å². The summed E-state index contributed by atoms with van der Waals surface area (Å²) in [6.45, 7) is 0. The standard InChI is InChI=1S/C14H8ClN3S/c15-13-14-17-10(12-6-3-7-19-12)8-18(14)11-5-2-1-4-9(11)16-13/h1-8H. The molecule has 0 amide bonds. The van der Waals surface area contributed by atoms with Crippen LogP contribution in [0.25, 0.3) is 27.3 Å². The second-order valence-electron chi connectivity index (χ2n) is 4.19. The van der Waals surface area contributed by atoms with Crippen LogP contribution in [0.3, 0.4) is 0 Å². The lowest BCUT2D eigenvalue weighted by Gasteiger charge is -2.01. The lowest BCUT2D eigenvalue weighted by Crippen LogP contribution is -1.91. The smallest absolute Gasteiger partial charge is 0.176 e. The Morgan fingerprint density at radius 2 is 1.95 bits per heavy atom. The maximum absolute atomic E-state index is 6.22. The van der Waals surface area contributed by atoms with Gasteiger partial charge in [-0.15, -0.1) is 11.3 Å². The summed E-state index contributed by atoms with van der Waals surface area (Å²) in [5, 5.41) is 2.47. The Kier molecular flexibility index (Phi) is 2.33. The molecule has 92 valence electrons. The van der Waals surface area contributed by atoms with Crippen LogP contribution in [0.1, 0.15) is 0 Å². The van der Waals surface area contributed by atoms with Gasteiger partial charge in [0.25, 0.3) is 0 Å². The normalized spacial score (nSPS) is 11.4. The number of para-hydroxylation sites is 2. The molecule has 0 N–H and O–H groups in total. The number of aromatic nitrogens is 3. The predicted octanol–water partition coefficient (Wildman–Crippen LogP) is 4.26. The van der Waals surface area contributed by atoms with E-state index in [1.54, 1.807) is 11.3 Å². The van der Waals surface area contributed by atoms with E-state index in [2.05, 4.69) is 16.0 Å².